The number of rotatable bonds is 2. The smallest absolute Gasteiger partial charge is 0.228 e. The summed E-state index contributed by atoms with van der Waals surface area (Å²) < 4.78 is 0. The predicted octanol–water partition coefficient (Wildman–Crippen LogP) is 2.99. The van der Waals surface area contributed by atoms with E-state index in [4.69, 9.17) is 0 Å². The van der Waals surface area contributed by atoms with Crippen molar-refractivity contribution in [3.8, 4) is 0 Å². The first-order chi connectivity index (χ1) is 12.9. The summed E-state index contributed by atoms with van der Waals surface area (Å²) in [6, 6.07) is 4.23. The number of carbonyl (C=O) groups is 2. The quantitative estimate of drug-likeness (QED) is 0.822. The molecule has 154 valence electrons. The van der Waals surface area contributed by atoms with Crippen LogP contribution < -0.4 is 10.2 Å². The number of likely N-dealkylation sites (tertiary alicyclic amines) is 1. The monoisotopic (exact) mass is 405 g/mol. The van der Waals surface area contributed by atoms with Crippen molar-refractivity contribution in [1.29, 1.82) is 0 Å². The Balaban J connectivity index is 0.00000225. The van der Waals surface area contributed by atoms with E-state index in [1.165, 1.54) is 12.0 Å². The Bertz CT molecular complexity index is 740. The molecule has 0 aliphatic carbocycles. The molecule has 1 spiro atoms. The Morgan fingerprint density at radius 1 is 1.11 bits per heavy atom. The van der Waals surface area contributed by atoms with Crippen LogP contribution in [-0.4, -0.2) is 49.4 Å². The summed E-state index contributed by atoms with van der Waals surface area (Å²) in [5.74, 6) is 0.0549. The fourth-order valence-electron chi connectivity index (χ4n) is 5.37. The number of nitrogens with one attached hydrogen (secondary N) is 1. The standard InChI is InChI=1S/C22H31N3O2.ClH/c1-15-10-16(2)20(17(3)11-15)25-13-18(12-19(25)26)21(27)24-8-5-22(6-9-24)4-7-23-14-22;/h10-11,18,23H,4-9,12-14H2,1-3H3;1H. The molecule has 0 radical (unpaired) electrons. The van der Waals surface area contributed by atoms with E-state index in [0.717, 1.165) is 55.8 Å². The molecule has 3 aliphatic rings. The second-order valence-corrected chi connectivity index (χ2v) is 8.90. The first-order valence-corrected chi connectivity index (χ1v) is 10.3. The van der Waals surface area contributed by atoms with Crippen LogP contribution in [0.15, 0.2) is 12.1 Å². The van der Waals surface area contributed by atoms with E-state index in [1.54, 1.807) is 0 Å². The molecule has 4 rings (SSSR count). The van der Waals surface area contributed by atoms with Crippen LogP contribution in [0.1, 0.15) is 42.4 Å². The van der Waals surface area contributed by atoms with Crippen molar-refractivity contribution in [2.24, 2.45) is 11.3 Å². The highest BCUT2D eigenvalue weighted by Crippen LogP contribution is 2.38. The Labute approximate surface area is 174 Å². The van der Waals surface area contributed by atoms with Gasteiger partial charge in [-0.25, -0.2) is 0 Å². The van der Waals surface area contributed by atoms with E-state index in [1.807, 2.05) is 9.80 Å². The fourth-order valence-corrected chi connectivity index (χ4v) is 5.37. The molecule has 0 aromatic heterocycles. The van der Waals surface area contributed by atoms with Gasteiger partial charge in [-0.05, 0) is 63.1 Å². The predicted molar refractivity (Wildman–Crippen MR) is 114 cm³/mol. The maximum Gasteiger partial charge on any atom is 0.228 e. The maximum atomic E-state index is 13.1. The lowest BCUT2D eigenvalue weighted by atomic mass is 9.77. The summed E-state index contributed by atoms with van der Waals surface area (Å²) in [4.78, 5) is 29.7. The number of hydrogen-bond acceptors (Lipinski definition) is 3. The maximum absolute atomic E-state index is 13.1. The van der Waals surface area contributed by atoms with Crippen molar-refractivity contribution in [2.45, 2.75) is 46.5 Å². The van der Waals surface area contributed by atoms with Gasteiger partial charge >= 0.3 is 0 Å². The largest absolute Gasteiger partial charge is 0.342 e. The van der Waals surface area contributed by atoms with Gasteiger partial charge in [0.15, 0.2) is 0 Å². The van der Waals surface area contributed by atoms with Crippen LogP contribution >= 0.6 is 12.4 Å². The van der Waals surface area contributed by atoms with Crippen molar-refractivity contribution in [3.63, 3.8) is 0 Å². The van der Waals surface area contributed by atoms with Crippen molar-refractivity contribution in [3.05, 3.63) is 28.8 Å². The van der Waals surface area contributed by atoms with Crippen LogP contribution in [0.2, 0.25) is 0 Å². The van der Waals surface area contributed by atoms with Crippen LogP contribution in [0.3, 0.4) is 0 Å². The van der Waals surface area contributed by atoms with Crippen molar-refractivity contribution >= 4 is 29.9 Å². The number of benzene rings is 1. The molecular formula is C22H32ClN3O2. The second-order valence-electron chi connectivity index (χ2n) is 8.90. The van der Waals surface area contributed by atoms with E-state index in [-0.39, 0.29) is 30.1 Å². The number of carbonyl (C=O) groups excluding carboxylic acids is 2. The minimum absolute atomic E-state index is 0. The normalized spacial score (nSPS) is 24.0. The molecule has 5 nitrogen and oxygen atoms in total. The number of hydrogen-bond donors (Lipinski definition) is 1. The molecule has 3 saturated heterocycles. The summed E-state index contributed by atoms with van der Waals surface area (Å²) in [5.41, 5.74) is 4.84. The van der Waals surface area contributed by atoms with Crippen LogP contribution in [0.25, 0.3) is 0 Å². The number of halogens is 1. The highest BCUT2D eigenvalue weighted by atomic mass is 35.5. The number of anilines is 1. The van der Waals surface area contributed by atoms with Gasteiger partial charge in [-0.3, -0.25) is 9.59 Å². The summed E-state index contributed by atoms with van der Waals surface area (Å²) in [5, 5.41) is 3.47. The van der Waals surface area contributed by atoms with Crippen LogP contribution in [0.4, 0.5) is 5.69 Å². The fraction of sp³-hybridized carbons (Fsp3) is 0.636. The van der Waals surface area contributed by atoms with Crippen molar-refractivity contribution in [1.82, 2.24) is 10.2 Å². The molecule has 3 heterocycles. The second kappa shape index (κ2) is 8.03. The molecule has 3 aliphatic heterocycles. The molecule has 0 saturated carbocycles. The third-order valence-corrected chi connectivity index (χ3v) is 6.85. The van der Waals surface area contributed by atoms with Gasteiger partial charge in [0.2, 0.25) is 11.8 Å². The molecule has 0 bridgehead atoms. The molecule has 1 aromatic rings. The number of nitrogens with zero attached hydrogens (tertiary/aromatic N) is 2. The van der Waals surface area contributed by atoms with Crippen LogP contribution in [-0.2, 0) is 9.59 Å². The summed E-state index contributed by atoms with van der Waals surface area (Å²) >= 11 is 0. The van der Waals surface area contributed by atoms with Gasteiger partial charge in [0.1, 0.15) is 0 Å². The minimum Gasteiger partial charge on any atom is -0.342 e. The summed E-state index contributed by atoms with van der Waals surface area (Å²) in [6.45, 7) is 10.6. The lowest BCUT2D eigenvalue weighted by molar-refractivity contribution is -0.137. The zero-order chi connectivity index (χ0) is 19.2. The third kappa shape index (κ3) is 3.79. The lowest BCUT2D eigenvalue weighted by Crippen LogP contribution is -2.46. The Morgan fingerprint density at radius 3 is 2.32 bits per heavy atom. The van der Waals surface area contributed by atoms with Gasteiger partial charge in [0, 0.05) is 38.3 Å². The van der Waals surface area contributed by atoms with E-state index in [2.05, 4.69) is 38.2 Å². The van der Waals surface area contributed by atoms with Crippen molar-refractivity contribution < 1.29 is 9.59 Å². The van der Waals surface area contributed by atoms with Crippen LogP contribution in [0.5, 0.6) is 0 Å². The minimum atomic E-state index is -0.201. The van der Waals surface area contributed by atoms with Gasteiger partial charge in [0.05, 0.1) is 5.92 Å². The van der Waals surface area contributed by atoms with Gasteiger partial charge in [-0.2, -0.15) is 0 Å². The topological polar surface area (TPSA) is 52.7 Å². The number of amides is 2. The molecule has 1 unspecified atom stereocenters. The average Bonchev–Trinajstić information content (AvgIpc) is 3.22. The molecule has 28 heavy (non-hydrogen) atoms. The van der Waals surface area contributed by atoms with E-state index >= 15 is 0 Å². The Hall–Kier alpha value is -1.59. The first kappa shape index (κ1) is 21.1. The molecule has 2 amide bonds. The van der Waals surface area contributed by atoms with Crippen LogP contribution in [0, 0.1) is 32.1 Å². The summed E-state index contributed by atoms with van der Waals surface area (Å²) in [6.07, 6.45) is 3.75. The molecule has 6 heteroatoms. The SMILES string of the molecule is Cc1cc(C)c(N2CC(C(=O)N3CCC4(CCNC4)CC3)CC2=O)c(C)c1.Cl. The van der Waals surface area contributed by atoms with E-state index < -0.39 is 0 Å². The van der Waals surface area contributed by atoms with Crippen molar-refractivity contribution in [2.75, 3.05) is 37.6 Å². The van der Waals surface area contributed by atoms with Gasteiger partial charge in [-0.1, -0.05) is 17.7 Å². The van der Waals surface area contributed by atoms with Gasteiger partial charge in [0.25, 0.3) is 0 Å². The van der Waals surface area contributed by atoms with Gasteiger partial charge < -0.3 is 15.1 Å². The Kier molecular flexibility index (Phi) is 6.06. The first-order valence-electron chi connectivity index (χ1n) is 10.3. The molecular weight excluding hydrogens is 374 g/mol. The average molecular weight is 406 g/mol. The highest BCUT2D eigenvalue weighted by Gasteiger charge is 2.42. The molecule has 3 fully saturated rings. The van der Waals surface area contributed by atoms with Gasteiger partial charge in [-0.15, -0.1) is 12.4 Å². The molecule has 1 N–H and O–H groups in total. The highest BCUT2D eigenvalue weighted by molar-refractivity contribution is 6.01. The van der Waals surface area contributed by atoms with E-state index in [9.17, 15) is 9.59 Å². The zero-order valence-corrected chi connectivity index (χ0v) is 18.0. The number of aryl methyl sites for hydroxylation is 3. The van der Waals surface area contributed by atoms with E-state index in [0.29, 0.717) is 18.4 Å². The molecule has 1 aromatic carbocycles. The molecule has 1 atom stereocenters. The Morgan fingerprint density at radius 2 is 1.75 bits per heavy atom. The lowest BCUT2D eigenvalue weighted by Gasteiger charge is -2.39. The third-order valence-electron chi connectivity index (χ3n) is 6.85. The summed E-state index contributed by atoms with van der Waals surface area (Å²) in [7, 11) is 0. The zero-order valence-electron chi connectivity index (χ0n) is 17.2. The number of piperidine rings is 1.